The van der Waals surface area contributed by atoms with E-state index in [0.717, 1.165) is 16.7 Å². The number of nitrogens with one attached hydrogen (secondary N) is 1. The summed E-state index contributed by atoms with van der Waals surface area (Å²) in [5.41, 5.74) is 1.83. The zero-order valence-corrected chi connectivity index (χ0v) is 13.0. The van der Waals surface area contributed by atoms with Gasteiger partial charge in [-0.15, -0.1) is 0 Å². The smallest absolute Gasteiger partial charge is 0.134 e. The predicted octanol–water partition coefficient (Wildman–Crippen LogP) is 4.49. The summed E-state index contributed by atoms with van der Waals surface area (Å²) >= 11 is 2.29. The Hall–Kier alpha value is -1.40. The van der Waals surface area contributed by atoms with Crippen molar-refractivity contribution in [2.45, 2.75) is 6.04 Å². The van der Waals surface area contributed by atoms with Crippen LogP contribution in [0.3, 0.4) is 0 Å². The molecule has 20 heavy (non-hydrogen) atoms. The molecule has 0 fully saturated rings. The minimum absolute atomic E-state index is 0.0415. The van der Waals surface area contributed by atoms with Gasteiger partial charge in [0.1, 0.15) is 17.2 Å². The van der Waals surface area contributed by atoms with Crippen molar-refractivity contribution in [1.29, 1.82) is 0 Å². The summed E-state index contributed by atoms with van der Waals surface area (Å²) in [4.78, 5) is 0. The molecule has 1 N–H and O–H groups in total. The molecule has 2 aromatic carbocycles. The molecule has 0 spiro atoms. The zero-order chi connectivity index (χ0) is 14.1. The van der Waals surface area contributed by atoms with E-state index in [1.54, 1.807) is 6.07 Å². The summed E-state index contributed by atoms with van der Waals surface area (Å²) in [6.07, 6.45) is 0. The maximum Gasteiger partial charge on any atom is 0.134 e. The van der Waals surface area contributed by atoms with Crippen molar-refractivity contribution in [3.63, 3.8) is 0 Å². The molecular formula is C16H13FINO. The third-order valence-corrected chi connectivity index (χ3v) is 3.92. The maximum absolute atomic E-state index is 13.2. The number of furan rings is 1. The van der Waals surface area contributed by atoms with E-state index in [1.165, 1.54) is 15.7 Å². The highest BCUT2D eigenvalue weighted by molar-refractivity contribution is 14.1. The second-order valence-corrected chi connectivity index (χ2v) is 5.85. The number of hydrogen-bond donors (Lipinski definition) is 1. The molecule has 0 aliphatic rings. The third-order valence-electron chi connectivity index (χ3n) is 3.25. The van der Waals surface area contributed by atoms with Crippen LogP contribution in [0.4, 0.5) is 4.39 Å². The number of rotatable bonds is 3. The number of benzene rings is 2. The topological polar surface area (TPSA) is 25.2 Å². The van der Waals surface area contributed by atoms with Crippen molar-refractivity contribution in [3.8, 4) is 0 Å². The molecule has 1 unspecified atom stereocenters. The van der Waals surface area contributed by atoms with Crippen LogP contribution < -0.4 is 5.32 Å². The molecule has 0 radical (unpaired) electrons. The Morgan fingerprint density at radius 1 is 1.15 bits per heavy atom. The van der Waals surface area contributed by atoms with Crippen molar-refractivity contribution in [3.05, 3.63) is 69.2 Å². The third kappa shape index (κ3) is 2.58. The van der Waals surface area contributed by atoms with Gasteiger partial charge in [-0.1, -0.05) is 12.1 Å². The summed E-state index contributed by atoms with van der Waals surface area (Å²) in [5.74, 6) is 0.537. The SMILES string of the molecule is CNC(c1cccc(I)c1)c1cc2cc(F)ccc2o1. The van der Waals surface area contributed by atoms with Crippen molar-refractivity contribution in [1.82, 2.24) is 5.32 Å². The normalized spacial score (nSPS) is 12.8. The lowest BCUT2D eigenvalue weighted by atomic mass is 10.0. The van der Waals surface area contributed by atoms with Gasteiger partial charge in [0, 0.05) is 8.96 Å². The minimum atomic E-state index is -0.250. The molecule has 1 aromatic heterocycles. The Bertz CT molecular complexity index is 753. The minimum Gasteiger partial charge on any atom is -0.459 e. The van der Waals surface area contributed by atoms with Gasteiger partial charge in [0.25, 0.3) is 0 Å². The van der Waals surface area contributed by atoms with E-state index in [9.17, 15) is 4.39 Å². The average molecular weight is 381 g/mol. The van der Waals surface area contributed by atoms with E-state index in [4.69, 9.17) is 4.42 Å². The molecule has 2 nitrogen and oxygen atoms in total. The lowest BCUT2D eigenvalue weighted by Crippen LogP contribution is -2.16. The van der Waals surface area contributed by atoms with E-state index < -0.39 is 0 Å². The second kappa shape index (κ2) is 5.54. The Morgan fingerprint density at radius 2 is 2.00 bits per heavy atom. The molecule has 0 bridgehead atoms. The molecule has 1 heterocycles. The number of halogens is 2. The van der Waals surface area contributed by atoms with Crippen LogP contribution in [-0.4, -0.2) is 7.05 Å². The molecule has 0 saturated carbocycles. The van der Waals surface area contributed by atoms with Gasteiger partial charge < -0.3 is 9.73 Å². The standard InChI is InChI=1S/C16H13FINO/c1-19-16(10-3-2-4-13(18)8-10)15-9-11-7-12(17)5-6-14(11)20-15/h2-9,16,19H,1H3. The van der Waals surface area contributed by atoms with Crippen molar-refractivity contribution >= 4 is 33.6 Å². The summed E-state index contributed by atoms with van der Waals surface area (Å²) < 4.78 is 20.3. The predicted molar refractivity (Wildman–Crippen MR) is 86.2 cm³/mol. The molecule has 0 amide bonds. The summed E-state index contributed by atoms with van der Waals surface area (Å²) in [6, 6.07) is 14.6. The average Bonchev–Trinajstić information content (AvgIpc) is 2.82. The quantitative estimate of drug-likeness (QED) is 0.677. The summed E-state index contributed by atoms with van der Waals surface area (Å²) in [7, 11) is 1.89. The molecule has 0 aliphatic heterocycles. The molecule has 1 atom stereocenters. The van der Waals surface area contributed by atoms with Crippen LogP contribution in [0.15, 0.2) is 52.9 Å². The first-order valence-corrected chi connectivity index (χ1v) is 7.37. The maximum atomic E-state index is 13.2. The Morgan fingerprint density at radius 3 is 2.75 bits per heavy atom. The zero-order valence-electron chi connectivity index (χ0n) is 10.9. The van der Waals surface area contributed by atoms with Gasteiger partial charge >= 0.3 is 0 Å². The van der Waals surface area contributed by atoms with E-state index in [-0.39, 0.29) is 11.9 Å². The Labute approximate surface area is 130 Å². The van der Waals surface area contributed by atoms with Crippen LogP contribution >= 0.6 is 22.6 Å². The first kappa shape index (κ1) is 13.6. The fraction of sp³-hybridized carbons (Fsp3) is 0.125. The van der Waals surface area contributed by atoms with Crippen molar-refractivity contribution in [2.24, 2.45) is 0 Å². The van der Waals surface area contributed by atoms with Gasteiger partial charge in [-0.3, -0.25) is 0 Å². The van der Waals surface area contributed by atoms with Crippen LogP contribution in [0.1, 0.15) is 17.4 Å². The second-order valence-electron chi connectivity index (χ2n) is 4.61. The first-order valence-electron chi connectivity index (χ1n) is 6.29. The molecular weight excluding hydrogens is 368 g/mol. The monoisotopic (exact) mass is 381 g/mol. The Balaban J connectivity index is 2.07. The van der Waals surface area contributed by atoms with Crippen molar-refractivity contribution < 1.29 is 8.81 Å². The van der Waals surface area contributed by atoms with Gasteiger partial charge in [0.05, 0.1) is 6.04 Å². The molecule has 3 aromatic rings. The van der Waals surface area contributed by atoms with Crippen molar-refractivity contribution in [2.75, 3.05) is 7.05 Å². The largest absolute Gasteiger partial charge is 0.459 e. The van der Waals surface area contributed by atoms with Crippen LogP contribution in [0.2, 0.25) is 0 Å². The lowest BCUT2D eigenvalue weighted by Gasteiger charge is -2.14. The fourth-order valence-electron chi connectivity index (χ4n) is 2.34. The van der Waals surface area contributed by atoms with E-state index in [0.29, 0.717) is 5.58 Å². The van der Waals surface area contributed by atoms with Gasteiger partial charge in [0.2, 0.25) is 0 Å². The van der Waals surface area contributed by atoms with Crippen LogP contribution in [0.5, 0.6) is 0 Å². The summed E-state index contributed by atoms with van der Waals surface area (Å²) in [6.45, 7) is 0. The molecule has 4 heteroatoms. The van der Waals surface area contributed by atoms with Crippen LogP contribution in [-0.2, 0) is 0 Å². The van der Waals surface area contributed by atoms with E-state index >= 15 is 0 Å². The number of hydrogen-bond acceptors (Lipinski definition) is 2. The highest BCUT2D eigenvalue weighted by Gasteiger charge is 2.17. The summed E-state index contributed by atoms with van der Waals surface area (Å²) in [5, 5.41) is 4.03. The fourth-order valence-corrected chi connectivity index (χ4v) is 2.90. The van der Waals surface area contributed by atoms with Gasteiger partial charge in [0.15, 0.2) is 0 Å². The highest BCUT2D eigenvalue weighted by atomic mass is 127. The molecule has 0 saturated heterocycles. The van der Waals surface area contributed by atoms with Gasteiger partial charge in [-0.25, -0.2) is 4.39 Å². The van der Waals surface area contributed by atoms with E-state index in [1.807, 2.05) is 25.2 Å². The Kier molecular flexibility index (Phi) is 3.76. The lowest BCUT2D eigenvalue weighted by molar-refractivity contribution is 0.491. The molecule has 0 aliphatic carbocycles. The van der Waals surface area contributed by atoms with E-state index in [2.05, 4.69) is 40.0 Å². The van der Waals surface area contributed by atoms with Gasteiger partial charge in [-0.2, -0.15) is 0 Å². The molecule has 102 valence electrons. The van der Waals surface area contributed by atoms with Crippen LogP contribution in [0.25, 0.3) is 11.0 Å². The first-order chi connectivity index (χ1) is 9.67. The highest BCUT2D eigenvalue weighted by Crippen LogP contribution is 2.29. The van der Waals surface area contributed by atoms with Gasteiger partial charge in [-0.05, 0) is 71.6 Å². The number of fused-ring (bicyclic) bond motifs is 1. The molecule has 3 rings (SSSR count). The van der Waals surface area contributed by atoms with Crippen LogP contribution in [0, 0.1) is 9.39 Å².